The second kappa shape index (κ2) is 22.2. The van der Waals surface area contributed by atoms with Gasteiger partial charge in [0.25, 0.3) is 0 Å². The van der Waals surface area contributed by atoms with Crippen LogP contribution in [0.3, 0.4) is 0 Å². The van der Waals surface area contributed by atoms with Crippen LogP contribution in [0.5, 0.6) is 5.75 Å². The monoisotopic (exact) mass is 741 g/mol. The second-order valence-electron chi connectivity index (χ2n) is 8.24. The van der Waals surface area contributed by atoms with Crippen molar-refractivity contribution in [3.05, 3.63) is 77.2 Å². The van der Waals surface area contributed by atoms with E-state index in [9.17, 15) is 14.4 Å². The molecule has 6 N–H and O–H groups in total. The zero-order valence-electron chi connectivity index (χ0n) is 21.9. The molecule has 12 nitrogen and oxygen atoms in total. The molecule has 2 aromatic rings. The van der Waals surface area contributed by atoms with Crippen LogP contribution in [0.15, 0.2) is 54.6 Å². The van der Waals surface area contributed by atoms with Crippen LogP contribution in [0, 0.1) is 0 Å². The number of carbonyl (C=O) groups excluding carboxylic acids is 1. The van der Waals surface area contributed by atoms with Crippen LogP contribution in [0.2, 0.25) is 0 Å². The third kappa shape index (κ3) is 19.5. The van der Waals surface area contributed by atoms with Gasteiger partial charge in [-0.15, -0.1) is 0 Å². The number of aryl methyl sites for hydroxylation is 1. The van der Waals surface area contributed by atoms with Crippen molar-refractivity contribution in [2.24, 2.45) is 0 Å². The minimum atomic E-state index is -1.82. The molecule has 0 radical (unpaired) electrons. The van der Waals surface area contributed by atoms with Gasteiger partial charge in [-0.2, -0.15) is 12.1 Å². The summed E-state index contributed by atoms with van der Waals surface area (Å²) < 4.78 is 4.69. The summed E-state index contributed by atoms with van der Waals surface area (Å²) in [6.45, 7) is 1.22. The molecule has 1 unspecified atom stereocenters. The predicted molar refractivity (Wildman–Crippen MR) is 142 cm³/mol. The summed E-state index contributed by atoms with van der Waals surface area (Å²) in [6, 6.07) is 15.7. The summed E-state index contributed by atoms with van der Waals surface area (Å²) in [6.07, 6.45) is 6.08. The molecule has 0 spiro atoms. The van der Waals surface area contributed by atoms with E-state index in [1.165, 1.54) is 37.5 Å². The first-order chi connectivity index (χ1) is 18.3. The molecule has 0 heterocycles. The molecule has 1 fully saturated rings. The van der Waals surface area contributed by atoms with Crippen molar-refractivity contribution in [1.29, 1.82) is 0 Å². The van der Waals surface area contributed by atoms with Crippen molar-refractivity contribution in [1.82, 2.24) is 0 Å². The molecule has 0 saturated heterocycles. The molecule has 40 heavy (non-hydrogen) atoms. The maximum Gasteiger partial charge on any atom is 2.00 e. The van der Waals surface area contributed by atoms with Crippen molar-refractivity contribution < 1.29 is 70.2 Å². The average molecular weight is 742 g/mol. The molecule has 3 rings (SSSR count). The topological polar surface area (TPSA) is 223 Å². The Morgan fingerprint density at radius 3 is 1.68 bits per heavy atom. The van der Waals surface area contributed by atoms with E-state index in [0.717, 1.165) is 25.7 Å². The predicted octanol–water partition coefficient (Wildman–Crippen LogP) is 4.96. The van der Waals surface area contributed by atoms with Crippen LogP contribution < -0.4 is 4.74 Å². The van der Waals surface area contributed by atoms with E-state index in [0.29, 0.717) is 0 Å². The van der Waals surface area contributed by atoms with Gasteiger partial charge in [-0.05, 0) is 30.5 Å². The smallest absolute Gasteiger partial charge is 0.676 e. The van der Waals surface area contributed by atoms with Gasteiger partial charge in [0.2, 0.25) is 0 Å². The standard InChI is InChI=1S/C10H12O2.C9H8O4.C6H12N2.C2H2O4.Pt/c11-10(12)8-4-7-9-5-2-1-3-6-9;1-6(10)13-8-5-3-2-4-7(8)9(11)12;7-5-3-1-2-4-6(5)8;3-1(4)2(5)6;/h1-3,5-6H,4,7-8H2,(H,11,12);2-5H,1H3,(H,11,12);5-8H,1-4H2;(H,3,4)(H,5,6);/q;;-2;;+2/t;;5-,6?;;/m..1../s1. The quantitative estimate of drug-likeness (QED) is 0.177. The van der Waals surface area contributed by atoms with Crippen LogP contribution in [0.1, 0.15) is 61.4 Å². The summed E-state index contributed by atoms with van der Waals surface area (Å²) >= 11 is 0. The molecule has 0 aromatic heterocycles. The van der Waals surface area contributed by atoms with E-state index in [4.69, 9.17) is 41.5 Å². The van der Waals surface area contributed by atoms with Gasteiger partial charge < -0.3 is 36.6 Å². The Morgan fingerprint density at radius 1 is 0.800 bits per heavy atom. The van der Waals surface area contributed by atoms with Crippen LogP contribution in [0.4, 0.5) is 0 Å². The van der Waals surface area contributed by atoms with Gasteiger partial charge in [-0.3, -0.25) is 9.59 Å². The van der Waals surface area contributed by atoms with Gasteiger partial charge >= 0.3 is 50.9 Å². The van der Waals surface area contributed by atoms with Crippen molar-refractivity contribution in [3.8, 4) is 5.75 Å². The van der Waals surface area contributed by atoms with Crippen molar-refractivity contribution in [2.45, 2.75) is 64.0 Å². The van der Waals surface area contributed by atoms with E-state index in [1.54, 1.807) is 12.1 Å². The Kier molecular flexibility index (Phi) is 21.4. The maximum absolute atomic E-state index is 10.6. The zero-order valence-corrected chi connectivity index (χ0v) is 24.1. The molecule has 2 atom stereocenters. The van der Waals surface area contributed by atoms with E-state index < -0.39 is 29.8 Å². The van der Waals surface area contributed by atoms with E-state index in [1.807, 2.05) is 30.3 Å². The normalized spacial score (nSPS) is 15.0. The summed E-state index contributed by atoms with van der Waals surface area (Å²) in [7, 11) is 0. The first-order valence-corrected chi connectivity index (χ1v) is 12.0. The van der Waals surface area contributed by atoms with E-state index in [2.05, 4.69) is 4.74 Å². The fraction of sp³-hybridized carbons (Fsp3) is 0.370. The van der Waals surface area contributed by atoms with Crippen molar-refractivity contribution in [2.75, 3.05) is 0 Å². The first-order valence-electron chi connectivity index (χ1n) is 12.0. The minimum Gasteiger partial charge on any atom is -0.676 e. The number of carbonyl (C=O) groups is 5. The number of esters is 1. The first kappa shape index (κ1) is 38.5. The Bertz CT molecular complexity index is 1040. The van der Waals surface area contributed by atoms with Gasteiger partial charge in [0.15, 0.2) is 0 Å². The Morgan fingerprint density at radius 2 is 1.27 bits per heavy atom. The average Bonchev–Trinajstić information content (AvgIpc) is 2.87. The Hall–Kier alpha value is -3.60. The summed E-state index contributed by atoms with van der Waals surface area (Å²) in [5.74, 6) is -5.94. The molecule has 1 saturated carbocycles. The molecule has 0 amide bonds. The van der Waals surface area contributed by atoms with Crippen LogP contribution in [-0.4, -0.2) is 62.4 Å². The van der Waals surface area contributed by atoms with Gasteiger partial charge in [0.1, 0.15) is 11.3 Å². The number of carboxylic acids is 4. The minimum absolute atomic E-state index is 0. The largest absolute Gasteiger partial charge is 2.00 e. The molecular weight excluding hydrogens is 707 g/mol. The number of ether oxygens (including phenoxy) is 1. The zero-order chi connectivity index (χ0) is 29.8. The summed E-state index contributed by atoms with van der Waals surface area (Å²) in [4.78, 5) is 49.6. The molecule has 1 aliphatic carbocycles. The molecule has 0 bridgehead atoms. The number of benzene rings is 2. The van der Waals surface area contributed by atoms with Gasteiger partial charge in [0, 0.05) is 13.3 Å². The third-order valence-corrected chi connectivity index (χ3v) is 5.02. The molecule has 222 valence electrons. The molecule has 1 aliphatic rings. The number of rotatable bonds is 6. The van der Waals surface area contributed by atoms with Gasteiger partial charge in [-0.25, -0.2) is 14.4 Å². The molecular formula is C27H34N2O10Pt. The van der Waals surface area contributed by atoms with E-state index in [-0.39, 0.29) is 50.9 Å². The SMILES string of the molecule is CC(=O)Oc1ccccc1C(=O)O.O=C(O)C(=O)O.O=C(O)CCCc1ccccc1.[NH-]C1CCCC[C@H]1[NH-].[Pt+2]. The number of hydrogen-bond acceptors (Lipinski definition) is 6. The second-order valence-corrected chi connectivity index (χ2v) is 8.24. The number of aliphatic carboxylic acids is 3. The number of carboxylic acid groups (broad SMARTS) is 4. The molecule has 13 heteroatoms. The third-order valence-electron chi connectivity index (χ3n) is 5.02. The fourth-order valence-corrected chi connectivity index (χ4v) is 3.11. The number of hydrogen-bond donors (Lipinski definition) is 4. The molecule has 2 aromatic carbocycles. The van der Waals surface area contributed by atoms with Gasteiger partial charge in [0.05, 0.1) is 0 Å². The van der Waals surface area contributed by atoms with Crippen molar-refractivity contribution >= 4 is 29.8 Å². The van der Waals surface area contributed by atoms with Gasteiger partial charge in [-0.1, -0.05) is 68.1 Å². The summed E-state index contributed by atoms with van der Waals surface area (Å²) in [5, 5.41) is 31.9. The summed E-state index contributed by atoms with van der Waals surface area (Å²) in [5.41, 5.74) is 15.8. The van der Waals surface area contributed by atoms with Crippen LogP contribution in [-0.2, 0) is 46.7 Å². The van der Waals surface area contributed by atoms with Crippen LogP contribution >= 0.6 is 0 Å². The Balaban J connectivity index is 0. The van der Waals surface area contributed by atoms with Crippen LogP contribution in [0.25, 0.3) is 11.5 Å². The number of nitrogens with one attached hydrogen (secondary N) is 2. The van der Waals surface area contributed by atoms with Crippen molar-refractivity contribution in [3.63, 3.8) is 0 Å². The molecule has 0 aliphatic heterocycles. The number of para-hydroxylation sites is 1. The number of aromatic carboxylic acids is 1. The maximum atomic E-state index is 10.6. The van der Waals surface area contributed by atoms with E-state index >= 15 is 0 Å². The fourth-order valence-electron chi connectivity index (χ4n) is 3.11. The Labute approximate surface area is 246 Å².